The van der Waals surface area contributed by atoms with Gasteiger partial charge in [-0.2, -0.15) is 0 Å². The number of allylic oxidation sites excluding steroid dienone is 1. The van der Waals surface area contributed by atoms with E-state index in [1.165, 1.54) is 52.2 Å². The Morgan fingerprint density at radius 2 is 2.06 bits per heavy atom. The Bertz CT molecular complexity index is 1350. The number of nitrogens with zero attached hydrogens (tertiary/aromatic N) is 3. The molecule has 0 bridgehead atoms. The Balaban J connectivity index is 1.73. The summed E-state index contributed by atoms with van der Waals surface area (Å²) in [4.78, 5) is 55.1. The number of nitrogens with one attached hydrogen (secondary N) is 2. The highest BCUT2D eigenvalue weighted by atomic mass is 32.1. The monoisotopic (exact) mass is 515 g/mol. The summed E-state index contributed by atoms with van der Waals surface area (Å²) in [7, 11) is 4.41. The highest BCUT2D eigenvalue weighted by Gasteiger charge is 2.22. The van der Waals surface area contributed by atoms with Crippen molar-refractivity contribution in [1.29, 1.82) is 0 Å². The molecule has 3 aromatic rings. The van der Waals surface area contributed by atoms with Crippen molar-refractivity contribution >= 4 is 45.1 Å². The van der Waals surface area contributed by atoms with Gasteiger partial charge in [-0.25, -0.2) is 14.2 Å². The lowest BCUT2D eigenvalue weighted by molar-refractivity contribution is -0.123. The van der Waals surface area contributed by atoms with E-state index >= 15 is 0 Å². The minimum Gasteiger partial charge on any atom is -0.453 e. The fourth-order valence-corrected chi connectivity index (χ4v) is 4.15. The van der Waals surface area contributed by atoms with Gasteiger partial charge in [0.15, 0.2) is 0 Å². The van der Waals surface area contributed by atoms with Gasteiger partial charge in [-0.15, -0.1) is 11.3 Å². The fraction of sp³-hybridized carbons (Fsp3) is 0.292. The third kappa shape index (κ3) is 6.98. The van der Waals surface area contributed by atoms with Crippen molar-refractivity contribution in [3.05, 3.63) is 69.9 Å². The number of fused-ring (bicyclic) bond motifs is 1. The second kappa shape index (κ2) is 12.1. The van der Waals surface area contributed by atoms with Crippen LogP contribution in [0.3, 0.4) is 0 Å². The molecule has 0 aliphatic heterocycles. The number of thiazole rings is 1. The van der Waals surface area contributed by atoms with Gasteiger partial charge in [0.05, 0.1) is 23.9 Å². The normalized spacial score (nSPS) is 11.9. The average molecular weight is 516 g/mol. The van der Waals surface area contributed by atoms with Gasteiger partial charge in [0.25, 0.3) is 5.56 Å². The number of ether oxygens (including phenoxy) is 1. The molecule has 1 atom stereocenters. The molecule has 0 aliphatic carbocycles. The number of amides is 3. The summed E-state index contributed by atoms with van der Waals surface area (Å²) in [5, 5.41) is 5.60. The van der Waals surface area contributed by atoms with E-state index in [0.29, 0.717) is 16.9 Å². The lowest BCUT2D eigenvalue weighted by Crippen LogP contribution is -2.44. The Morgan fingerprint density at radius 1 is 1.28 bits per heavy atom. The van der Waals surface area contributed by atoms with E-state index in [-0.39, 0.29) is 24.6 Å². The molecule has 2 N–H and O–H groups in total. The molecule has 190 valence electrons. The summed E-state index contributed by atoms with van der Waals surface area (Å²) >= 11 is 1.34. The first-order valence-corrected chi connectivity index (χ1v) is 11.8. The number of anilines is 1. The molecule has 3 amide bonds. The Morgan fingerprint density at radius 3 is 2.78 bits per heavy atom. The largest absolute Gasteiger partial charge is 0.453 e. The van der Waals surface area contributed by atoms with Gasteiger partial charge in [-0.3, -0.25) is 14.4 Å². The highest BCUT2D eigenvalue weighted by Crippen LogP contribution is 2.23. The van der Waals surface area contributed by atoms with E-state index in [0.717, 1.165) is 4.70 Å². The Kier molecular flexibility index (Phi) is 8.90. The number of rotatable bonds is 9. The molecule has 0 spiro atoms. The van der Waals surface area contributed by atoms with Crippen molar-refractivity contribution in [2.75, 3.05) is 26.5 Å². The molecule has 2 aromatic heterocycles. The quantitative estimate of drug-likeness (QED) is 0.423. The maximum absolute atomic E-state index is 13.5. The minimum absolute atomic E-state index is 0.0182. The number of carbonyl (C=O) groups excluding carboxylic acids is 3. The molecular weight excluding hydrogens is 489 g/mol. The Labute approximate surface area is 210 Å². The van der Waals surface area contributed by atoms with Crippen LogP contribution in [0.25, 0.3) is 10.2 Å². The zero-order valence-electron chi connectivity index (χ0n) is 20.0. The van der Waals surface area contributed by atoms with Gasteiger partial charge in [-0.05, 0) is 43.2 Å². The number of hydrogen-bond donors (Lipinski definition) is 2. The van der Waals surface area contributed by atoms with Crippen LogP contribution in [-0.2, 0) is 20.9 Å². The molecule has 36 heavy (non-hydrogen) atoms. The Hall–Kier alpha value is -4.06. The van der Waals surface area contributed by atoms with Crippen LogP contribution in [0.15, 0.2) is 53.5 Å². The van der Waals surface area contributed by atoms with Crippen LogP contribution >= 0.6 is 11.3 Å². The maximum atomic E-state index is 13.5. The predicted molar refractivity (Wildman–Crippen MR) is 134 cm³/mol. The van der Waals surface area contributed by atoms with Crippen LogP contribution in [-0.4, -0.2) is 59.6 Å². The van der Waals surface area contributed by atoms with E-state index in [1.807, 2.05) is 0 Å². The number of halogens is 1. The number of benzene rings is 1. The van der Waals surface area contributed by atoms with Crippen molar-refractivity contribution in [3.8, 4) is 0 Å². The van der Waals surface area contributed by atoms with Crippen molar-refractivity contribution in [2.24, 2.45) is 0 Å². The van der Waals surface area contributed by atoms with E-state index in [4.69, 9.17) is 0 Å². The van der Waals surface area contributed by atoms with Crippen molar-refractivity contribution in [2.45, 2.75) is 25.4 Å². The summed E-state index contributed by atoms with van der Waals surface area (Å²) in [6.45, 7) is 0.137. The van der Waals surface area contributed by atoms with Crippen LogP contribution in [0.5, 0.6) is 0 Å². The molecule has 0 radical (unpaired) electrons. The number of pyridine rings is 1. The lowest BCUT2D eigenvalue weighted by Gasteiger charge is -2.17. The van der Waals surface area contributed by atoms with Gasteiger partial charge >= 0.3 is 6.09 Å². The number of alkyl carbamates (subject to hydrolysis) is 1. The van der Waals surface area contributed by atoms with Crippen molar-refractivity contribution < 1.29 is 23.5 Å². The molecule has 2 heterocycles. The smallest absolute Gasteiger partial charge is 0.407 e. The topological polar surface area (TPSA) is 123 Å². The van der Waals surface area contributed by atoms with Crippen LogP contribution in [0.1, 0.15) is 17.8 Å². The number of methoxy groups -OCH3 is 1. The molecule has 3 rings (SSSR count). The van der Waals surface area contributed by atoms with E-state index in [2.05, 4.69) is 20.4 Å². The predicted octanol–water partition coefficient (Wildman–Crippen LogP) is 2.73. The zero-order valence-corrected chi connectivity index (χ0v) is 20.8. The second-order valence-corrected chi connectivity index (χ2v) is 9.08. The third-order valence-corrected chi connectivity index (χ3v) is 6.12. The summed E-state index contributed by atoms with van der Waals surface area (Å²) in [5.74, 6) is -1.21. The van der Waals surface area contributed by atoms with Crippen LogP contribution < -0.4 is 16.2 Å². The average Bonchev–Trinajstić information content (AvgIpc) is 3.24. The minimum atomic E-state index is -1.01. The molecule has 0 aliphatic rings. The third-order valence-electron chi connectivity index (χ3n) is 5.09. The summed E-state index contributed by atoms with van der Waals surface area (Å²) in [6.07, 6.45) is 4.21. The van der Waals surface area contributed by atoms with Gasteiger partial charge in [0.1, 0.15) is 22.6 Å². The zero-order chi connectivity index (χ0) is 26.2. The molecule has 0 saturated heterocycles. The summed E-state index contributed by atoms with van der Waals surface area (Å²) < 4.78 is 20.2. The number of likely N-dealkylation sites (N-methyl/N-ethyl adjacent to an activating group) is 1. The number of carbonyl (C=O) groups is 3. The molecular formula is C24H26FN5O5S. The van der Waals surface area contributed by atoms with Crippen LogP contribution in [0, 0.1) is 5.82 Å². The standard InChI is InChI=1S/C24H26FN5O5S/c1-29(2)21(31)9-5-4-7-16(28-24(34)35-3)22(32)27-17-8-6-12-30(23(17)33)14-20-26-18-13-15(25)10-11-19(18)36-20/h5-6,8-13,16H,4,7,14H2,1-3H3,(H,27,32)(H,28,34)/b9-5+. The molecule has 12 heteroatoms. The van der Waals surface area contributed by atoms with E-state index < -0.39 is 29.4 Å². The SMILES string of the molecule is COC(=O)NC(CC/C=C/C(=O)N(C)C)C(=O)Nc1cccn(Cc2nc3cc(F)ccc3s2)c1=O. The second-order valence-electron chi connectivity index (χ2n) is 7.96. The summed E-state index contributed by atoms with van der Waals surface area (Å²) in [5.41, 5.74) is 0.0554. The van der Waals surface area contributed by atoms with E-state index in [1.54, 1.807) is 38.5 Å². The molecule has 1 unspecified atom stereocenters. The molecule has 10 nitrogen and oxygen atoms in total. The van der Waals surface area contributed by atoms with Gasteiger partial charge in [-0.1, -0.05) is 6.08 Å². The van der Waals surface area contributed by atoms with Crippen molar-refractivity contribution in [1.82, 2.24) is 19.8 Å². The van der Waals surface area contributed by atoms with Gasteiger partial charge < -0.3 is 24.8 Å². The first kappa shape index (κ1) is 26.5. The van der Waals surface area contributed by atoms with Crippen molar-refractivity contribution in [3.63, 3.8) is 0 Å². The first-order valence-electron chi connectivity index (χ1n) is 11.0. The van der Waals surface area contributed by atoms with Crippen LogP contribution in [0.2, 0.25) is 0 Å². The maximum Gasteiger partial charge on any atom is 0.407 e. The van der Waals surface area contributed by atoms with E-state index in [9.17, 15) is 23.6 Å². The number of hydrogen-bond acceptors (Lipinski definition) is 7. The first-order chi connectivity index (χ1) is 17.2. The highest BCUT2D eigenvalue weighted by molar-refractivity contribution is 7.18. The molecule has 1 aromatic carbocycles. The molecule has 0 fully saturated rings. The fourth-order valence-electron chi connectivity index (χ4n) is 3.20. The van der Waals surface area contributed by atoms with Gasteiger partial charge in [0, 0.05) is 26.4 Å². The molecule has 0 saturated carbocycles. The number of aromatic nitrogens is 2. The van der Waals surface area contributed by atoms with Crippen LogP contribution in [0.4, 0.5) is 14.9 Å². The van der Waals surface area contributed by atoms with Gasteiger partial charge in [0.2, 0.25) is 11.8 Å². The summed E-state index contributed by atoms with van der Waals surface area (Å²) in [6, 6.07) is 6.35. The lowest BCUT2D eigenvalue weighted by atomic mass is 10.1.